The molecule has 172 valence electrons. The number of ether oxygens (including phenoxy) is 1. The molecule has 1 aromatic heterocycles. The molecule has 0 saturated heterocycles. The number of nitrogens with zero attached hydrogens (tertiary/aromatic N) is 2. The maximum atomic E-state index is 13.7. The Labute approximate surface area is 184 Å². The lowest BCUT2D eigenvalue weighted by Crippen LogP contribution is -2.50. The number of anilines is 1. The first-order chi connectivity index (χ1) is 15.3. The van der Waals surface area contributed by atoms with Crippen molar-refractivity contribution in [3.05, 3.63) is 54.4 Å². The Morgan fingerprint density at radius 3 is 2.41 bits per heavy atom. The van der Waals surface area contributed by atoms with Gasteiger partial charge in [-0.15, -0.1) is 0 Å². The number of hydrogen-bond donors (Lipinski definition) is 1. The van der Waals surface area contributed by atoms with Crippen molar-refractivity contribution >= 4 is 17.5 Å². The van der Waals surface area contributed by atoms with Crippen molar-refractivity contribution in [2.24, 2.45) is 0 Å². The fourth-order valence-electron chi connectivity index (χ4n) is 3.93. The molecule has 6 nitrogen and oxygen atoms in total. The number of benzene rings is 1. The molecule has 1 N–H and O–H groups in total. The van der Waals surface area contributed by atoms with Crippen LogP contribution in [0, 0.1) is 0 Å². The van der Waals surface area contributed by atoms with Crippen LogP contribution in [-0.4, -0.2) is 35.6 Å². The first kappa shape index (κ1) is 23.6. The third kappa shape index (κ3) is 5.57. The molecule has 1 saturated carbocycles. The summed E-state index contributed by atoms with van der Waals surface area (Å²) < 4.78 is 46.7. The number of carbonyl (C=O) groups excluding carboxylic acids is 2. The second-order valence-electron chi connectivity index (χ2n) is 7.60. The summed E-state index contributed by atoms with van der Waals surface area (Å²) in [5, 5.41) is 2.86. The Hall–Kier alpha value is -3.10. The molecule has 0 unspecified atom stereocenters. The van der Waals surface area contributed by atoms with Gasteiger partial charge >= 0.3 is 12.1 Å². The maximum Gasteiger partial charge on any atom is 0.471 e. The first-order valence-electron chi connectivity index (χ1n) is 10.7. The molecule has 32 heavy (non-hydrogen) atoms. The topological polar surface area (TPSA) is 71.5 Å². The van der Waals surface area contributed by atoms with Gasteiger partial charge < -0.3 is 10.1 Å². The van der Waals surface area contributed by atoms with Crippen LogP contribution in [0.15, 0.2) is 48.8 Å². The number of amides is 2. The molecule has 1 atom stereocenters. The molecule has 1 aliphatic rings. The Morgan fingerprint density at radius 1 is 1.12 bits per heavy atom. The Kier molecular flexibility index (Phi) is 7.71. The highest BCUT2D eigenvalue weighted by Gasteiger charge is 2.48. The highest BCUT2D eigenvalue weighted by Crippen LogP contribution is 2.38. The van der Waals surface area contributed by atoms with Crippen LogP contribution in [0.25, 0.3) is 0 Å². The zero-order chi connectivity index (χ0) is 23.1. The van der Waals surface area contributed by atoms with E-state index in [1.54, 1.807) is 13.0 Å². The smallest absolute Gasteiger partial charge is 0.471 e. The van der Waals surface area contributed by atoms with Crippen molar-refractivity contribution in [2.75, 3.05) is 11.5 Å². The molecule has 2 aromatic rings. The zero-order valence-electron chi connectivity index (χ0n) is 17.8. The quantitative estimate of drug-likeness (QED) is 0.673. The number of rotatable bonds is 7. The predicted octanol–water partition coefficient (Wildman–Crippen LogP) is 4.57. The molecule has 0 aliphatic heterocycles. The van der Waals surface area contributed by atoms with Crippen LogP contribution in [0.5, 0.6) is 5.75 Å². The lowest BCUT2D eigenvalue weighted by molar-refractivity contribution is -0.171. The van der Waals surface area contributed by atoms with E-state index in [-0.39, 0.29) is 29.6 Å². The van der Waals surface area contributed by atoms with E-state index in [2.05, 4.69) is 10.3 Å². The molecule has 1 aromatic carbocycles. The van der Waals surface area contributed by atoms with Crippen molar-refractivity contribution in [2.45, 2.75) is 57.3 Å². The summed E-state index contributed by atoms with van der Waals surface area (Å²) in [7, 11) is 0. The lowest BCUT2D eigenvalue weighted by atomic mass is 9.94. The second kappa shape index (κ2) is 10.5. The minimum atomic E-state index is -5.20. The van der Waals surface area contributed by atoms with Crippen LogP contribution in [0.4, 0.5) is 18.9 Å². The predicted molar refractivity (Wildman–Crippen MR) is 113 cm³/mol. The van der Waals surface area contributed by atoms with E-state index in [0.717, 1.165) is 32.1 Å². The molecule has 0 bridgehead atoms. The number of pyridine rings is 1. The standard InChI is InChI=1S/C23H26F3N3O3/c1-2-32-19-11-7-6-10-18(19)29(22(31)23(24,25)26)20(16-12-14-27-15-13-16)21(30)28-17-8-4-3-5-9-17/h6-7,10-15,17,20H,2-5,8-9H2,1H3,(H,28,30)/t20-/m1/s1. The fraction of sp³-hybridized carbons (Fsp3) is 0.435. The fourth-order valence-corrected chi connectivity index (χ4v) is 3.93. The number of aromatic nitrogens is 1. The van der Waals surface area contributed by atoms with Crippen LogP contribution in [-0.2, 0) is 9.59 Å². The molecule has 1 fully saturated rings. The van der Waals surface area contributed by atoms with Crippen LogP contribution >= 0.6 is 0 Å². The first-order valence-corrected chi connectivity index (χ1v) is 10.7. The minimum Gasteiger partial charge on any atom is -0.492 e. The molecule has 3 rings (SSSR count). The van der Waals surface area contributed by atoms with Gasteiger partial charge in [0, 0.05) is 18.4 Å². The van der Waals surface area contributed by atoms with E-state index >= 15 is 0 Å². The second-order valence-corrected chi connectivity index (χ2v) is 7.60. The Balaban J connectivity index is 2.11. The number of para-hydroxylation sites is 2. The molecule has 0 spiro atoms. The number of hydrogen-bond acceptors (Lipinski definition) is 4. The molecule has 1 heterocycles. The average molecular weight is 449 g/mol. The summed E-state index contributed by atoms with van der Waals surface area (Å²) in [4.78, 5) is 30.5. The number of nitrogens with one attached hydrogen (secondary N) is 1. The summed E-state index contributed by atoms with van der Waals surface area (Å²) in [5.41, 5.74) is 0.0921. The van der Waals surface area contributed by atoms with E-state index in [4.69, 9.17) is 4.74 Å². The monoisotopic (exact) mass is 449 g/mol. The van der Waals surface area contributed by atoms with Gasteiger partial charge in [-0.25, -0.2) is 0 Å². The normalized spacial score (nSPS) is 15.6. The lowest BCUT2D eigenvalue weighted by Gasteiger charge is -2.34. The highest BCUT2D eigenvalue weighted by molar-refractivity contribution is 6.04. The molecule has 0 radical (unpaired) electrons. The van der Waals surface area contributed by atoms with Gasteiger partial charge in [-0.2, -0.15) is 13.2 Å². The van der Waals surface area contributed by atoms with Crippen molar-refractivity contribution < 1.29 is 27.5 Å². The van der Waals surface area contributed by atoms with Gasteiger partial charge in [0.05, 0.1) is 12.3 Å². The Morgan fingerprint density at radius 2 is 1.78 bits per heavy atom. The van der Waals surface area contributed by atoms with Gasteiger partial charge in [-0.3, -0.25) is 19.5 Å². The van der Waals surface area contributed by atoms with Gasteiger partial charge in [0.2, 0.25) is 5.91 Å². The molecule has 1 aliphatic carbocycles. The number of halogens is 3. The van der Waals surface area contributed by atoms with Gasteiger partial charge in [0.25, 0.3) is 0 Å². The maximum absolute atomic E-state index is 13.7. The Bertz CT molecular complexity index is 915. The van der Waals surface area contributed by atoms with Crippen LogP contribution in [0.2, 0.25) is 0 Å². The molecule has 2 amide bonds. The third-order valence-corrected chi connectivity index (χ3v) is 5.37. The summed E-state index contributed by atoms with van der Waals surface area (Å²) in [5.74, 6) is -2.74. The molecular formula is C23H26F3N3O3. The number of carbonyl (C=O) groups is 2. The van der Waals surface area contributed by atoms with Gasteiger partial charge in [0.1, 0.15) is 11.8 Å². The molecular weight excluding hydrogens is 423 g/mol. The van der Waals surface area contributed by atoms with Crippen LogP contribution in [0.3, 0.4) is 0 Å². The van der Waals surface area contributed by atoms with Crippen LogP contribution < -0.4 is 15.0 Å². The summed E-state index contributed by atoms with van der Waals surface area (Å²) >= 11 is 0. The van der Waals surface area contributed by atoms with Crippen molar-refractivity contribution in [1.82, 2.24) is 10.3 Å². The van der Waals surface area contributed by atoms with Crippen molar-refractivity contribution in [3.8, 4) is 5.75 Å². The zero-order valence-corrected chi connectivity index (χ0v) is 17.8. The van der Waals surface area contributed by atoms with Gasteiger partial charge in [-0.1, -0.05) is 31.4 Å². The van der Waals surface area contributed by atoms with Crippen molar-refractivity contribution in [1.29, 1.82) is 0 Å². The van der Waals surface area contributed by atoms with Gasteiger partial charge in [-0.05, 0) is 49.6 Å². The SMILES string of the molecule is CCOc1ccccc1N(C(=O)C(F)(F)F)[C@@H](C(=O)NC1CCCCC1)c1ccncc1. The molecule has 9 heteroatoms. The number of alkyl halides is 3. The van der Waals surface area contributed by atoms with Gasteiger partial charge in [0.15, 0.2) is 0 Å². The van der Waals surface area contributed by atoms with E-state index in [9.17, 15) is 22.8 Å². The average Bonchev–Trinajstić information content (AvgIpc) is 2.78. The van der Waals surface area contributed by atoms with Crippen LogP contribution in [0.1, 0.15) is 50.6 Å². The van der Waals surface area contributed by atoms with E-state index < -0.39 is 24.0 Å². The third-order valence-electron chi connectivity index (χ3n) is 5.37. The largest absolute Gasteiger partial charge is 0.492 e. The summed E-state index contributed by atoms with van der Waals surface area (Å²) in [6, 6.07) is 7.08. The van der Waals surface area contributed by atoms with E-state index in [1.807, 2.05) is 0 Å². The summed E-state index contributed by atoms with van der Waals surface area (Å²) in [6.07, 6.45) is 1.97. The highest BCUT2D eigenvalue weighted by atomic mass is 19.4. The minimum absolute atomic E-state index is 0.0807. The summed E-state index contributed by atoms with van der Waals surface area (Å²) in [6.45, 7) is 1.86. The van der Waals surface area contributed by atoms with Crippen molar-refractivity contribution in [3.63, 3.8) is 0 Å². The van der Waals surface area contributed by atoms with E-state index in [1.165, 1.54) is 42.7 Å². The van der Waals surface area contributed by atoms with E-state index in [0.29, 0.717) is 4.90 Å².